The van der Waals surface area contributed by atoms with Crippen LogP contribution in [0.25, 0.3) is 0 Å². The fourth-order valence-electron chi connectivity index (χ4n) is 1.08. The third kappa shape index (κ3) is 3.27. The van der Waals surface area contributed by atoms with Crippen molar-refractivity contribution in [3.8, 4) is 0 Å². The van der Waals surface area contributed by atoms with Crippen molar-refractivity contribution in [3.05, 3.63) is 42.5 Å². The van der Waals surface area contributed by atoms with Crippen molar-refractivity contribution in [2.75, 3.05) is 0 Å². The average molecular weight is 254 g/mol. The normalized spacial score (nSPS) is 10.4. The van der Waals surface area contributed by atoms with Crippen LogP contribution in [0.3, 0.4) is 0 Å². The summed E-state index contributed by atoms with van der Waals surface area (Å²) in [4.78, 5) is -0.0464. The minimum absolute atomic E-state index is 0. The smallest absolute Gasteiger partial charge is 0.282 e. The fraction of sp³-hybridized carbons (Fsp3) is 0.111. The van der Waals surface area contributed by atoms with Crippen molar-refractivity contribution in [1.82, 2.24) is 0 Å². The molecule has 0 fully saturated rings. The Bertz CT molecular complexity index is 412. The van der Waals surface area contributed by atoms with E-state index in [9.17, 15) is 8.42 Å². The molecule has 78 valence electrons. The maximum Gasteiger partial charge on any atom is 0.294 e. The summed E-state index contributed by atoms with van der Waals surface area (Å²) in [5.74, 6) is 0. The zero-order valence-corrected chi connectivity index (χ0v) is 9.25. The van der Waals surface area contributed by atoms with Gasteiger partial charge in [0.1, 0.15) is 0 Å². The molecule has 0 saturated carbocycles. The maximum atomic E-state index is 10.8. The van der Waals surface area contributed by atoms with E-state index in [1.54, 1.807) is 24.3 Å². The van der Waals surface area contributed by atoms with Crippen LogP contribution in [0.1, 0.15) is 5.56 Å². The Morgan fingerprint density at radius 3 is 2.43 bits per heavy atom. The van der Waals surface area contributed by atoms with Gasteiger partial charge in [-0.3, -0.25) is 4.55 Å². The molecular formula is C9H10FeO3S. The van der Waals surface area contributed by atoms with Gasteiger partial charge in [-0.05, 0) is 18.1 Å². The Labute approximate surface area is 94.1 Å². The largest absolute Gasteiger partial charge is 0.294 e. The third-order valence-corrected chi connectivity index (χ3v) is 2.57. The Balaban J connectivity index is 0.00000169. The van der Waals surface area contributed by atoms with Gasteiger partial charge in [-0.1, -0.05) is 24.3 Å². The van der Waals surface area contributed by atoms with E-state index in [0.717, 1.165) is 0 Å². The number of hydrogen-bond acceptors (Lipinski definition) is 2. The first kappa shape index (κ1) is 13.4. The zero-order chi connectivity index (χ0) is 9.90. The van der Waals surface area contributed by atoms with Crippen molar-refractivity contribution in [1.29, 1.82) is 0 Å². The molecule has 1 rings (SSSR count). The molecule has 14 heavy (non-hydrogen) atoms. The summed E-state index contributed by atoms with van der Waals surface area (Å²) in [5.41, 5.74) is 0.556. The van der Waals surface area contributed by atoms with Crippen LogP contribution in [-0.4, -0.2) is 13.0 Å². The van der Waals surface area contributed by atoms with E-state index in [0.29, 0.717) is 12.0 Å². The first-order chi connectivity index (χ1) is 6.05. The molecule has 0 radical (unpaired) electrons. The molecule has 0 amide bonds. The summed E-state index contributed by atoms with van der Waals surface area (Å²) in [7, 11) is -4.10. The molecule has 0 atom stereocenters. The predicted octanol–water partition coefficient (Wildman–Crippen LogP) is 1.66. The molecule has 0 heterocycles. The van der Waals surface area contributed by atoms with Gasteiger partial charge in [0.2, 0.25) is 0 Å². The predicted molar refractivity (Wildman–Crippen MR) is 50.2 cm³/mol. The Kier molecular flexibility index (Phi) is 5.08. The quantitative estimate of drug-likeness (QED) is 0.507. The van der Waals surface area contributed by atoms with Gasteiger partial charge in [0.15, 0.2) is 0 Å². The van der Waals surface area contributed by atoms with Crippen LogP contribution in [0.2, 0.25) is 0 Å². The van der Waals surface area contributed by atoms with Crippen molar-refractivity contribution in [2.24, 2.45) is 0 Å². The minimum Gasteiger partial charge on any atom is -0.282 e. The number of benzene rings is 1. The van der Waals surface area contributed by atoms with Crippen LogP contribution < -0.4 is 0 Å². The molecule has 0 aromatic heterocycles. The van der Waals surface area contributed by atoms with Crippen molar-refractivity contribution in [3.63, 3.8) is 0 Å². The number of rotatable bonds is 3. The van der Waals surface area contributed by atoms with Gasteiger partial charge in [0.25, 0.3) is 10.1 Å². The molecule has 0 aliphatic rings. The molecule has 0 saturated heterocycles. The van der Waals surface area contributed by atoms with Crippen LogP contribution in [0.5, 0.6) is 0 Å². The van der Waals surface area contributed by atoms with Gasteiger partial charge in [-0.15, -0.1) is 6.58 Å². The first-order valence-corrected chi connectivity index (χ1v) is 5.16. The molecular weight excluding hydrogens is 244 g/mol. The van der Waals surface area contributed by atoms with Gasteiger partial charge < -0.3 is 0 Å². The maximum absolute atomic E-state index is 10.8. The SMILES string of the molecule is C=CCc1ccccc1S(=O)(=O)O.[Fe]. The Morgan fingerprint density at radius 2 is 1.93 bits per heavy atom. The van der Waals surface area contributed by atoms with Crippen molar-refractivity contribution in [2.45, 2.75) is 11.3 Å². The molecule has 1 N–H and O–H groups in total. The molecule has 0 unspecified atom stereocenters. The van der Waals surface area contributed by atoms with Crippen LogP contribution in [0, 0.1) is 0 Å². The second kappa shape index (κ2) is 5.31. The summed E-state index contributed by atoms with van der Waals surface area (Å²) >= 11 is 0. The van der Waals surface area contributed by atoms with E-state index >= 15 is 0 Å². The fourth-order valence-corrected chi connectivity index (χ4v) is 1.81. The molecule has 3 nitrogen and oxygen atoms in total. The number of hydrogen-bond donors (Lipinski definition) is 1. The topological polar surface area (TPSA) is 54.4 Å². The van der Waals surface area contributed by atoms with Gasteiger partial charge in [-0.25, -0.2) is 0 Å². The van der Waals surface area contributed by atoms with Crippen LogP contribution in [-0.2, 0) is 33.6 Å². The van der Waals surface area contributed by atoms with E-state index in [2.05, 4.69) is 6.58 Å². The van der Waals surface area contributed by atoms with Gasteiger partial charge in [0.05, 0.1) is 4.90 Å². The van der Waals surface area contributed by atoms with E-state index in [4.69, 9.17) is 4.55 Å². The third-order valence-electron chi connectivity index (χ3n) is 1.61. The van der Waals surface area contributed by atoms with Gasteiger partial charge >= 0.3 is 0 Å². The summed E-state index contributed by atoms with van der Waals surface area (Å²) in [6, 6.07) is 6.29. The molecule has 0 aliphatic heterocycles. The van der Waals surface area contributed by atoms with Crippen LogP contribution in [0.15, 0.2) is 41.8 Å². The molecule has 1 aromatic carbocycles. The van der Waals surface area contributed by atoms with E-state index in [-0.39, 0.29) is 22.0 Å². The van der Waals surface area contributed by atoms with E-state index < -0.39 is 10.1 Å². The monoisotopic (exact) mass is 254 g/mol. The molecule has 0 spiro atoms. The van der Waals surface area contributed by atoms with Gasteiger partial charge in [-0.2, -0.15) is 8.42 Å². The second-order valence-electron chi connectivity index (χ2n) is 2.58. The minimum atomic E-state index is -4.10. The van der Waals surface area contributed by atoms with Crippen LogP contribution in [0.4, 0.5) is 0 Å². The Hall–Kier alpha value is -0.611. The standard InChI is InChI=1S/C9H10O3S.Fe/c1-2-5-8-6-3-4-7-9(8)13(10,11)12;/h2-4,6-7H,1,5H2,(H,10,11,12);. The summed E-state index contributed by atoms with van der Waals surface area (Å²) in [6.45, 7) is 3.50. The molecule has 0 bridgehead atoms. The summed E-state index contributed by atoms with van der Waals surface area (Å²) in [5, 5.41) is 0. The molecule has 0 aliphatic carbocycles. The van der Waals surface area contributed by atoms with Crippen LogP contribution >= 0.6 is 0 Å². The first-order valence-electron chi connectivity index (χ1n) is 3.72. The number of allylic oxidation sites excluding steroid dienone is 1. The molecule has 1 aromatic rings. The Morgan fingerprint density at radius 1 is 1.36 bits per heavy atom. The van der Waals surface area contributed by atoms with E-state index in [1.807, 2.05) is 0 Å². The van der Waals surface area contributed by atoms with E-state index in [1.165, 1.54) is 6.07 Å². The summed E-state index contributed by atoms with van der Waals surface area (Å²) in [6.07, 6.45) is 2.01. The van der Waals surface area contributed by atoms with Crippen molar-refractivity contribution < 1.29 is 30.0 Å². The van der Waals surface area contributed by atoms with Crippen molar-refractivity contribution >= 4 is 10.1 Å². The second-order valence-corrected chi connectivity index (χ2v) is 3.97. The molecule has 5 heteroatoms. The summed E-state index contributed by atoms with van der Waals surface area (Å²) < 4.78 is 30.5. The average Bonchev–Trinajstić information content (AvgIpc) is 2.04. The zero-order valence-electron chi connectivity index (χ0n) is 7.33. The van der Waals surface area contributed by atoms with Gasteiger partial charge in [0, 0.05) is 17.1 Å².